The van der Waals surface area contributed by atoms with E-state index >= 15 is 0 Å². The third-order valence-corrected chi connectivity index (χ3v) is 5.37. The first-order valence-corrected chi connectivity index (χ1v) is 10.2. The summed E-state index contributed by atoms with van der Waals surface area (Å²) in [5, 5.41) is 9.29. The van der Waals surface area contributed by atoms with E-state index in [-0.39, 0.29) is 35.1 Å². The van der Waals surface area contributed by atoms with Gasteiger partial charge in [-0.05, 0) is 31.5 Å². The Balaban J connectivity index is 1.35. The van der Waals surface area contributed by atoms with Crippen LogP contribution in [0.15, 0.2) is 35.1 Å². The number of aromatic amines is 1. The lowest BCUT2D eigenvalue weighted by Crippen LogP contribution is -2.30. The van der Waals surface area contributed by atoms with E-state index < -0.39 is 23.7 Å². The number of halogens is 3. The van der Waals surface area contributed by atoms with Gasteiger partial charge in [0.05, 0.1) is 22.6 Å². The summed E-state index contributed by atoms with van der Waals surface area (Å²) in [6.07, 6.45) is -2.71. The van der Waals surface area contributed by atoms with E-state index in [1.807, 2.05) is 0 Å². The molecule has 3 N–H and O–H groups in total. The number of fused-ring (bicyclic) bond motifs is 2. The standard InChI is InChI=1S/C21H16F3N7O3/c1-9(27-20(33)17-11-3-5-16(32)30-18(11)26-8-25-17)15-7-14(31-34-15)19-28-12-4-2-10(21(22,23)24)6-13(12)29-19/h2,4,6-9H,3,5H2,1H3,(H,27,33)(H,28,29)(H,25,26,30,32)/t9-/m0/s1. The molecular weight excluding hydrogens is 455 g/mol. The average molecular weight is 471 g/mol. The number of imidazole rings is 1. The van der Waals surface area contributed by atoms with Crippen molar-refractivity contribution in [3.63, 3.8) is 0 Å². The van der Waals surface area contributed by atoms with Crippen molar-refractivity contribution in [2.24, 2.45) is 0 Å². The number of anilines is 1. The molecule has 13 heteroatoms. The molecule has 4 aromatic rings. The highest BCUT2D eigenvalue weighted by Crippen LogP contribution is 2.32. The molecule has 1 aromatic carbocycles. The molecule has 0 aliphatic carbocycles. The molecular formula is C21H16F3N7O3. The highest BCUT2D eigenvalue weighted by molar-refractivity contribution is 5.99. The molecule has 1 aliphatic heterocycles. The zero-order valence-electron chi connectivity index (χ0n) is 17.5. The first kappa shape index (κ1) is 21.6. The summed E-state index contributed by atoms with van der Waals surface area (Å²) in [6.45, 7) is 1.67. The van der Waals surface area contributed by atoms with Crippen molar-refractivity contribution in [1.82, 2.24) is 30.4 Å². The molecule has 2 amide bonds. The lowest BCUT2D eigenvalue weighted by Gasteiger charge is -2.18. The summed E-state index contributed by atoms with van der Waals surface area (Å²) in [6, 6.07) is 4.12. The summed E-state index contributed by atoms with van der Waals surface area (Å²) in [4.78, 5) is 39.5. The van der Waals surface area contributed by atoms with Crippen molar-refractivity contribution < 1.29 is 27.3 Å². The molecule has 1 aliphatic rings. The number of aromatic nitrogens is 5. The van der Waals surface area contributed by atoms with Crippen LogP contribution in [0.4, 0.5) is 19.0 Å². The van der Waals surface area contributed by atoms with Gasteiger partial charge in [-0.2, -0.15) is 13.2 Å². The lowest BCUT2D eigenvalue weighted by molar-refractivity contribution is -0.137. The Morgan fingerprint density at radius 1 is 1.21 bits per heavy atom. The van der Waals surface area contributed by atoms with Crippen molar-refractivity contribution in [2.75, 3.05) is 5.32 Å². The van der Waals surface area contributed by atoms with Gasteiger partial charge < -0.3 is 20.1 Å². The third kappa shape index (κ3) is 3.95. The van der Waals surface area contributed by atoms with E-state index in [0.29, 0.717) is 29.1 Å². The van der Waals surface area contributed by atoms with E-state index in [1.54, 1.807) is 6.92 Å². The quantitative estimate of drug-likeness (QED) is 0.415. The maximum atomic E-state index is 13.0. The minimum absolute atomic E-state index is 0.148. The fourth-order valence-electron chi connectivity index (χ4n) is 3.63. The van der Waals surface area contributed by atoms with Crippen LogP contribution in [0, 0.1) is 0 Å². The van der Waals surface area contributed by atoms with Crippen molar-refractivity contribution in [2.45, 2.75) is 32.0 Å². The summed E-state index contributed by atoms with van der Waals surface area (Å²) < 4.78 is 44.2. The SMILES string of the molecule is C[C@H](NC(=O)c1ncnc2c1CCC(=O)N2)c1cc(-c2nc3ccc(C(F)(F)F)cc3[nH]2)no1. The van der Waals surface area contributed by atoms with Gasteiger partial charge in [0.15, 0.2) is 11.6 Å². The van der Waals surface area contributed by atoms with Crippen LogP contribution in [0.25, 0.3) is 22.6 Å². The van der Waals surface area contributed by atoms with Crippen LogP contribution < -0.4 is 10.6 Å². The third-order valence-electron chi connectivity index (χ3n) is 5.37. The van der Waals surface area contributed by atoms with E-state index in [0.717, 1.165) is 12.1 Å². The van der Waals surface area contributed by atoms with Crippen LogP contribution in [-0.2, 0) is 17.4 Å². The van der Waals surface area contributed by atoms with Gasteiger partial charge in [0.1, 0.15) is 23.5 Å². The topological polar surface area (TPSA) is 139 Å². The molecule has 0 fully saturated rings. The van der Waals surface area contributed by atoms with Gasteiger partial charge in [0.25, 0.3) is 5.91 Å². The number of H-pyrrole nitrogens is 1. The zero-order valence-corrected chi connectivity index (χ0v) is 17.5. The van der Waals surface area contributed by atoms with Crippen LogP contribution in [-0.4, -0.2) is 36.9 Å². The monoisotopic (exact) mass is 471 g/mol. The number of nitrogens with zero attached hydrogens (tertiary/aromatic N) is 4. The molecule has 10 nitrogen and oxygen atoms in total. The van der Waals surface area contributed by atoms with E-state index in [4.69, 9.17) is 4.52 Å². The van der Waals surface area contributed by atoms with Crippen LogP contribution >= 0.6 is 0 Å². The van der Waals surface area contributed by atoms with E-state index in [9.17, 15) is 22.8 Å². The van der Waals surface area contributed by atoms with Gasteiger partial charge >= 0.3 is 6.18 Å². The Kier molecular flexibility index (Phi) is 5.03. The Morgan fingerprint density at radius 3 is 2.82 bits per heavy atom. The number of alkyl halides is 3. The molecule has 0 spiro atoms. The second-order valence-corrected chi connectivity index (χ2v) is 7.72. The zero-order chi connectivity index (χ0) is 24.0. The summed E-state index contributed by atoms with van der Waals surface area (Å²) in [5.41, 5.74) is 0.715. The van der Waals surface area contributed by atoms with Crippen molar-refractivity contribution >= 4 is 28.7 Å². The highest BCUT2D eigenvalue weighted by atomic mass is 19.4. The number of nitrogens with one attached hydrogen (secondary N) is 3. The first-order valence-electron chi connectivity index (χ1n) is 10.2. The van der Waals surface area contributed by atoms with Crippen LogP contribution in [0.5, 0.6) is 0 Å². The van der Waals surface area contributed by atoms with Crippen molar-refractivity contribution in [1.29, 1.82) is 0 Å². The number of hydrogen-bond donors (Lipinski definition) is 3. The van der Waals surface area contributed by atoms with Gasteiger partial charge in [-0.3, -0.25) is 9.59 Å². The van der Waals surface area contributed by atoms with E-state index in [2.05, 4.69) is 35.7 Å². The number of rotatable bonds is 4. The number of carbonyl (C=O) groups excluding carboxylic acids is 2. The van der Waals surface area contributed by atoms with Gasteiger partial charge in [-0.1, -0.05) is 5.16 Å². The maximum Gasteiger partial charge on any atom is 0.416 e. The minimum Gasteiger partial charge on any atom is -0.358 e. The molecule has 0 bridgehead atoms. The molecule has 1 atom stereocenters. The summed E-state index contributed by atoms with van der Waals surface area (Å²) in [7, 11) is 0. The first-order chi connectivity index (χ1) is 16.2. The largest absolute Gasteiger partial charge is 0.416 e. The molecule has 174 valence electrons. The van der Waals surface area contributed by atoms with E-state index in [1.165, 1.54) is 18.5 Å². The molecule has 0 radical (unpaired) electrons. The second-order valence-electron chi connectivity index (χ2n) is 7.72. The molecule has 4 heterocycles. The smallest absolute Gasteiger partial charge is 0.358 e. The van der Waals surface area contributed by atoms with Crippen molar-refractivity contribution in [3.05, 3.63) is 53.2 Å². The van der Waals surface area contributed by atoms with Gasteiger partial charge in [0.2, 0.25) is 5.91 Å². The maximum absolute atomic E-state index is 13.0. The molecule has 0 saturated heterocycles. The van der Waals surface area contributed by atoms with Crippen LogP contribution in [0.1, 0.15) is 46.8 Å². The van der Waals surface area contributed by atoms with Crippen LogP contribution in [0.2, 0.25) is 0 Å². The summed E-state index contributed by atoms with van der Waals surface area (Å²) in [5.74, 6) is 0.174. The summed E-state index contributed by atoms with van der Waals surface area (Å²) >= 11 is 0. The molecule has 0 unspecified atom stereocenters. The normalized spacial score (nSPS) is 14.5. The molecule has 5 rings (SSSR count). The average Bonchev–Trinajstić information content (AvgIpc) is 3.44. The molecule has 0 saturated carbocycles. The number of benzene rings is 1. The fourth-order valence-corrected chi connectivity index (χ4v) is 3.63. The molecule has 3 aromatic heterocycles. The van der Waals surface area contributed by atoms with Gasteiger partial charge in [-0.15, -0.1) is 0 Å². The predicted octanol–water partition coefficient (Wildman–Crippen LogP) is 3.40. The van der Waals surface area contributed by atoms with Crippen LogP contribution in [0.3, 0.4) is 0 Å². The predicted molar refractivity (Wildman–Crippen MR) is 111 cm³/mol. The number of carbonyl (C=O) groups is 2. The Morgan fingerprint density at radius 2 is 2.03 bits per heavy atom. The lowest BCUT2D eigenvalue weighted by atomic mass is 10.0. The van der Waals surface area contributed by atoms with Gasteiger partial charge in [0, 0.05) is 18.1 Å². The number of amides is 2. The Hall–Kier alpha value is -4.29. The Labute approximate surface area is 189 Å². The number of hydrogen-bond acceptors (Lipinski definition) is 7. The Bertz CT molecular complexity index is 1430. The minimum atomic E-state index is -4.47. The highest BCUT2D eigenvalue weighted by Gasteiger charge is 2.31. The fraction of sp³-hybridized carbons (Fsp3) is 0.238. The van der Waals surface area contributed by atoms with Crippen molar-refractivity contribution in [3.8, 4) is 11.5 Å². The second kappa shape index (κ2) is 7.93. The molecule has 34 heavy (non-hydrogen) atoms. The van der Waals surface area contributed by atoms with Gasteiger partial charge in [-0.25, -0.2) is 15.0 Å².